The fourth-order valence-electron chi connectivity index (χ4n) is 2.50. The van der Waals surface area contributed by atoms with Crippen molar-refractivity contribution in [3.63, 3.8) is 0 Å². The lowest BCUT2D eigenvalue weighted by Gasteiger charge is -2.44. The minimum atomic E-state index is -0.577. The number of carbonyl (C=O) groups is 1. The Bertz CT molecular complexity index is 472. The van der Waals surface area contributed by atoms with Gasteiger partial charge in [-0.15, -0.1) is 0 Å². The van der Waals surface area contributed by atoms with Crippen LogP contribution in [-0.2, 0) is 0 Å². The van der Waals surface area contributed by atoms with Crippen LogP contribution in [0.1, 0.15) is 30.5 Å². The number of hydrogen-bond acceptors (Lipinski definition) is 2. The normalized spacial score (nSPS) is 30.9. The third-order valence-electron chi connectivity index (χ3n) is 3.22. The summed E-state index contributed by atoms with van der Waals surface area (Å²) in [5, 5.41) is 5.75. The van der Waals surface area contributed by atoms with Crippen LogP contribution in [-0.4, -0.2) is 11.8 Å². The third kappa shape index (κ3) is 1.26. The molecule has 2 aliphatic heterocycles. The molecule has 1 aromatic carbocycles. The van der Waals surface area contributed by atoms with E-state index >= 15 is 0 Å². The number of aryl methyl sites for hydroxylation is 1. The van der Waals surface area contributed by atoms with Gasteiger partial charge >= 0.3 is 6.03 Å². The van der Waals surface area contributed by atoms with Gasteiger partial charge in [-0.3, -0.25) is 0 Å². The first-order valence-electron chi connectivity index (χ1n) is 5.45. The Hall–Kier alpha value is -1.71. The maximum absolute atomic E-state index is 11.5. The zero-order valence-corrected chi connectivity index (χ0v) is 9.33. The molecule has 0 spiro atoms. The predicted octanol–water partition coefficient (Wildman–Crippen LogP) is 1.85. The quantitative estimate of drug-likeness (QED) is 0.698. The molecule has 2 heterocycles. The maximum atomic E-state index is 11.5. The van der Waals surface area contributed by atoms with Crippen LogP contribution >= 0.6 is 0 Å². The molecule has 2 aliphatic rings. The largest absolute Gasteiger partial charge is 0.468 e. The third-order valence-corrected chi connectivity index (χ3v) is 3.22. The zero-order valence-electron chi connectivity index (χ0n) is 9.33. The molecule has 2 N–H and O–H groups in total. The van der Waals surface area contributed by atoms with E-state index in [9.17, 15) is 4.79 Å². The molecule has 0 aliphatic carbocycles. The van der Waals surface area contributed by atoms with E-state index in [0.717, 1.165) is 23.3 Å². The van der Waals surface area contributed by atoms with Gasteiger partial charge in [0.05, 0.1) is 6.04 Å². The molecular weight excluding hydrogens is 204 g/mol. The maximum Gasteiger partial charge on any atom is 0.318 e. The van der Waals surface area contributed by atoms with E-state index in [1.54, 1.807) is 0 Å². The van der Waals surface area contributed by atoms with Crippen LogP contribution in [0.3, 0.4) is 0 Å². The monoisotopic (exact) mass is 218 g/mol. The molecule has 2 atom stereocenters. The second kappa shape index (κ2) is 2.90. The Labute approximate surface area is 94.0 Å². The van der Waals surface area contributed by atoms with Gasteiger partial charge in [-0.25, -0.2) is 4.79 Å². The summed E-state index contributed by atoms with van der Waals surface area (Å²) in [4.78, 5) is 11.5. The zero-order chi connectivity index (χ0) is 11.3. The summed E-state index contributed by atoms with van der Waals surface area (Å²) >= 11 is 0. The molecule has 4 heteroatoms. The van der Waals surface area contributed by atoms with Crippen molar-refractivity contribution in [2.45, 2.75) is 32.0 Å². The second-order valence-corrected chi connectivity index (χ2v) is 4.68. The van der Waals surface area contributed by atoms with Gasteiger partial charge in [-0.05, 0) is 19.4 Å². The SMILES string of the molecule is Cc1cccc2c1OC1(C)CC2NC(=O)N1. The fourth-order valence-corrected chi connectivity index (χ4v) is 2.50. The van der Waals surface area contributed by atoms with Gasteiger partial charge in [0, 0.05) is 12.0 Å². The molecule has 4 nitrogen and oxygen atoms in total. The van der Waals surface area contributed by atoms with E-state index in [2.05, 4.69) is 10.6 Å². The van der Waals surface area contributed by atoms with E-state index in [1.807, 2.05) is 32.0 Å². The number of fused-ring (bicyclic) bond motifs is 4. The van der Waals surface area contributed by atoms with Crippen LogP contribution < -0.4 is 15.4 Å². The summed E-state index contributed by atoms with van der Waals surface area (Å²) in [5.74, 6) is 0.897. The lowest BCUT2D eigenvalue weighted by atomic mass is 9.90. The van der Waals surface area contributed by atoms with Crippen molar-refractivity contribution in [2.75, 3.05) is 0 Å². The number of benzene rings is 1. The molecule has 1 aromatic rings. The predicted molar refractivity (Wildman–Crippen MR) is 59.2 cm³/mol. The highest BCUT2D eigenvalue weighted by atomic mass is 16.5. The van der Waals surface area contributed by atoms with E-state index in [0.29, 0.717) is 0 Å². The van der Waals surface area contributed by atoms with Crippen molar-refractivity contribution < 1.29 is 9.53 Å². The molecular formula is C12H14N2O2. The van der Waals surface area contributed by atoms with Gasteiger partial charge in [-0.1, -0.05) is 18.2 Å². The van der Waals surface area contributed by atoms with E-state index in [4.69, 9.17) is 4.74 Å². The summed E-state index contributed by atoms with van der Waals surface area (Å²) < 4.78 is 5.92. The van der Waals surface area contributed by atoms with Crippen LogP contribution in [0.25, 0.3) is 0 Å². The highest BCUT2D eigenvalue weighted by Gasteiger charge is 2.43. The Morgan fingerprint density at radius 1 is 1.50 bits per heavy atom. The van der Waals surface area contributed by atoms with Crippen molar-refractivity contribution in [1.29, 1.82) is 0 Å². The van der Waals surface area contributed by atoms with Gasteiger partial charge in [-0.2, -0.15) is 0 Å². The highest BCUT2D eigenvalue weighted by Crippen LogP contribution is 2.41. The van der Waals surface area contributed by atoms with Crippen molar-refractivity contribution in [3.05, 3.63) is 29.3 Å². The van der Waals surface area contributed by atoms with Crippen LogP contribution in [0.5, 0.6) is 5.75 Å². The minimum absolute atomic E-state index is 0.0578. The lowest BCUT2D eigenvalue weighted by molar-refractivity contribution is 0.0112. The summed E-state index contributed by atoms with van der Waals surface area (Å²) in [6.45, 7) is 3.93. The number of carbonyl (C=O) groups excluding carboxylic acids is 1. The molecule has 0 radical (unpaired) electrons. The van der Waals surface area contributed by atoms with Crippen molar-refractivity contribution in [1.82, 2.24) is 10.6 Å². The summed E-state index contributed by atoms with van der Waals surface area (Å²) in [5.41, 5.74) is 1.60. The minimum Gasteiger partial charge on any atom is -0.468 e. The second-order valence-electron chi connectivity index (χ2n) is 4.68. The molecule has 2 bridgehead atoms. The number of urea groups is 1. The molecule has 0 aromatic heterocycles. The molecule has 1 fully saturated rings. The van der Waals surface area contributed by atoms with Crippen LogP contribution in [0, 0.1) is 6.92 Å². The Balaban J connectivity index is 2.14. The first kappa shape index (κ1) is 9.51. The Morgan fingerprint density at radius 3 is 3.12 bits per heavy atom. The van der Waals surface area contributed by atoms with Crippen LogP contribution in [0.4, 0.5) is 4.79 Å². The molecule has 2 amide bonds. The van der Waals surface area contributed by atoms with Gasteiger partial charge in [0.2, 0.25) is 0 Å². The first-order chi connectivity index (χ1) is 7.57. The van der Waals surface area contributed by atoms with Crippen molar-refractivity contribution in [3.8, 4) is 5.75 Å². The van der Waals surface area contributed by atoms with Crippen molar-refractivity contribution in [2.24, 2.45) is 0 Å². The molecule has 1 saturated heterocycles. The number of nitrogens with one attached hydrogen (secondary N) is 2. The molecule has 2 unspecified atom stereocenters. The molecule has 84 valence electrons. The smallest absolute Gasteiger partial charge is 0.318 e. The van der Waals surface area contributed by atoms with E-state index in [-0.39, 0.29) is 12.1 Å². The van der Waals surface area contributed by atoms with Crippen molar-refractivity contribution >= 4 is 6.03 Å². The lowest BCUT2D eigenvalue weighted by Crippen LogP contribution is -2.62. The number of rotatable bonds is 0. The van der Waals surface area contributed by atoms with Crippen LogP contribution in [0.15, 0.2) is 18.2 Å². The van der Waals surface area contributed by atoms with E-state index in [1.165, 1.54) is 0 Å². The summed E-state index contributed by atoms with van der Waals surface area (Å²) in [7, 11) is 0. The fraction of sp³-hybridized carbons (Fsp3) is 0.417. The highest BCUT2D eigenvalue weighted by molar-refractivity contribution is 5.77. The first-order valence-corrected chi connectivity index (χ1v) is 5.45. The number of para-hydroxylation sites is 1. The number of amides is 2. The molecule has 3 rings (SSSR count). The summed E-state index contributed by atoms with van der Waals surface area (Å²) in [6.07, 6.45) is 0.759. The van der Waals surface area contributed by atoms with Gasteiger partial charge in [0.1, 0.15) is 5.75 Å². The summed E-state index contributed by atoms with van der Waals surface area (Å²) in [6, 6.07) is 5.92. The number of hydrogen-bond donors (Lipinski definition) is 2. The Kier molecular flexibility index (Phi) is 1.73. The number of ether oxygens (including phenoxy) is 1. The average Bonchev–Trinajstić information content (AvgIpc) is 2.18. The molecule has 16 heavy (non-hydrogen) atoms. The molecule has 0 saturated carbocycles. The van der Waals surface area contributed by atoms with E-state index < -0.39 is 5.72 Å². The Morgan fingerprint density at radius 2 is 2.31 bits per heavy atom. The van der Waals surface area contributed by atoms with Crippen LogP contribution in [0.2, 0.25) is 0 Å². The average molecular weight is 218 g/mol. The van der Waals surface area contributed by atoms with Gasteiger partial charge in [0.15, 0.2) is 5.72 Å². The standard InChI is InChI=1S/C12H14N2O2/c1-7-4-3-5-8-9-6-12(2,16-10(7)8)14-11(15)13-9/h3-5,9H,6H2,1-2H3,(H2,13,14,15). The topological polar surface area (TPSA) is 50.4 Å². The van der Waals surface area contributed by atoms with Gasteiger partial charge < -0.3 is 15.4 Å². The van der Waals surface area contributed by atoms with Gasteiger partial charge in [0.25, 0.3) is 0 Å².